The third-order valence-electron chi connectivity index (χ3n) is 4.74. The molecular weight excluding hydrogens is 348 g/mol. The van der Waals surface area contributed by atoms with Gasteiger partial charge in [0.15, 0.2) is 11.5 Å². The van der Waals surface area contributed by atoms with Crippen molar-refractivity contribution in [1.29, 1.82) is 0 Å². The molecular formula is C19H26N4O4. The summed E-state index contributed by atoms with van der Waals surface area (Å²) >= 11 is 0. The van der Waals surface area contributed by atoms with Gasteiger partial charge < -0.3 is 23.7 Å². The van der Waals surface area contributed by atoms with Crippen LogP contribution >= 0.6 is 0 Å². The number of rotatable bonds is 7. The summed E-state index contributed by atoms with van der Waals surface area (Å²) in [7, 11) is 3.22. The monoisotopic (exact) mass is 374 g/mol. The standard InChI is InChI=1S/C19H26N4O4/c1-4-17-20-21-19(27-17)23-11-9-22(10-12-23)18(24)8-6-14-5-7-15(25-2)16(13-14)26-3/h5,7,13H,4,6,8-12H2,1-3H3. The molecule has 0 N–H and O–H groups in total. The Bertz CT molecular complexity index is 769. The highest BCUT2D eigenvalue weighted by Gasteiger charge is 2.24. The summed E-state index contributed by atoms with van der Waals surface area (Å²) in [6, 6.07) is 6.30. The summed E-state index contributed by atoms with van der Waals surface area (Å²) < 4.78 is 16.2. The van der Waals surface area contributed by atoms with Crippen molar-refractivity contribution in [3.05, 3.63) is 29.7 Å². The van der Waals surface area contributed by atoms with E-state index in [9.17, 15) is 4.79 Å². The molecule has 27 heavy (non-hydrogen) atoms. The fourth-order valence-electron chi connectivity index (χ4n) is 3.11. The van der Waals surface area contributed by atoms with Gasteiger partial charge in [0, 0.05) is 39.0 Å². The van der Waals surface area contributed by atoms with Gasteiger partial charge in [0.05, 0.1) is 14.2 Å². The van der Waals surface area contributed by atoms with Crippen molar-refractivity contribution in [2.45, 2.75) is 26.2 Å². The highest BCUT2D eigenvalue weighted by molar-refractivity contribution is 5.76. The average Bonchev–Trinajstić information content (AvgIpc) is 3.21. The average molecular weight is 374 g/mol. The van der Waals surface area contributed by atoms with Crippen LogP contribution in [0.2, 0.25) is 0 Å². The Hall–Kier alpha value is -2.77. The summed E-state index contributed by atoms with van der Waals surface area (Å²) in [5, 5.41) is 8.07. The number of hydrogen-bond donors (Lipinski definition) is 0. The first-order valence-corrected chi connectivity index (χ1v) is 9.20. The maximum Gasteiger partial charge on any atom is 0.318 e. The van der Waals surface area contributed by atoms with Crippen molar-refractivity contribution in [2.75, 3.05) is 45.3 Å². The van der Waals surface area contributed by atoms with Crippen molar-refractivity contribution < 1.29 is 18.7 Å². The van der Waals surface area contributed by atoms with E-state index in [1.165, 1.54) is 0 Å². The molecule has 1 aliphatic rings. The lowest BCUT2D eigenvalue weighted by atomic mass is 10.1. The highest BCUT2D eigenvalue weighted by Crippen LogP contribution is 2.28. The molecule has 8 heteroatoms. The molecule has 0 unspecified atom stereocenters. The fraction of sp³-hybridized carbons (Fsp3) is 0.526. The predicted molar refractivity (Wildman–Crippen MR) is 100 cm³/mol. The number of carbonyl (C=O) groups is 1. The van der Waals surface area contributed by atoms with Crippen LogP contribution in [0, 0.1) is 0 Å². The molecule has 1 aromatic heterocycles. The molecule has 1 fully saturated rings. The fourth-order valence-corrected chi connectivity index (χ4v) is 3.11. The lowest BCUT2D eigenvalue weighted by Crippen LogP contribution is -2.49. The molecule has 0 atom stereocenters. The summed E-state index contributed by atoms with van der Waals surface area (Å²) in [6.45, 7) is 4.70. The molecule has 8 nitrogen and oxygen atoms in total. The Morgan fingerprint density at radius 2 is 1.85 bits per heavy atom. The molecule has 0 radical (unpaired) electrons. The van der Waals surface area contributed by atoms with E-state index in [2.05, 4.69) is 10.2 Å². The zero-order valence-electron chi connectivity index (χ0n) is 16.1. The minimum absolute atomic E-state index is 0.157. The van der Waals surface area contributed by atoms with Crippen molar-refractivity contribution in [1.82, 2.24) is 15.1 Å². The van der Waals surface area contributed by atoms with Gasteiger partial charge in [0.2, 0.25) is 11.8 Å². The van der Waals surface area contributed by atoms with Gasteiger partial charge in [0.1, 0.15) is 0 Å². The Balaban J connectivity index is 1.49. The van der Waals surface area contributed by atoms with Gasteiger partial charge in [-0.25, -0.2) is 0 Å². The van der Waals surface area contributed by atoms with Crippen molar-refractivity contribution >= 4 is 11.9 Å². The number of methoxy groups -OCH3 is 2. The number of hydrogen-bond acceptors (Lipinski definition) is 7. The minimum Gasteiger partial charge on any atom is -0.493 e. The quantitative estimate of drug-likeness (QED) is 0.732. The zero-order valence-corrected chi connectivity index (χ0v) is 16.1. The molecule has 1 aromatic carbocycles. The van der Waals surface area contributed by atoms with Gasteiger partial charge >= 0.3 is 6.01 Å². The maximum absolute atomic E-state index is 12.5. The first kappa shape index (κ1) is 19.0. The van der Waals surface area contributed by atoms with Crippen molar-refractivity contribution in [3.8, 4) is 11.5 Å². The maximum atomic E-state index is 12.5. The second-order valence-corrected chi connectivity index (χ2v) is 6.39. The summed E-state index contributed by atoms with van der Waals surface area (Å²) in [5.41, 5.74) is 1.05. The number of nitrogens with zero attached hydrogens (tertiary/aromatic N) is 4. The van der Waals surface area contributed by atoms with Crippen LogP contribution in [0.15, 0.2) is 22.6 Å². The minimum atomic E-state index is 0.157. The second kappa shape index (κ2) is 8.75. The van der Waals surface area contributed by atoms with Crippen molar-refractivity contribution in [3.63, 3.8) is 0 Å². The van der Waals surface area contributed by atoms with Gasteiger partial charge in [-0.2, -0.15) is 0 Å². The largest absolute Gasteiger partial charge is 0.493 e. The normalized spacial score (nSPS) is 14.3. The number of ether oxygens (including phenoxy) is 2. The summed E-state index contributed by atoms with van der Waals surface area (Å²) in [5.74, 6) is 2.17. The smallest absolute Gasteiger partial charge is 0.318 e. The molecule has 2 heterocycles. The van der Waals surface area contributed by atoms with Gasteiger partial charge in [0.25, 0.3) is 0 Å². The Morgan fingerprint density at radius 1 is 1.11 bits per heavy atom. The zero-order chi connectivity index (χ0) is 19.2. The third kappa shape index (κ3) is 4.50. The molecule has 2 aromatic rings. The van der Waals surface area contributed by atoms with Crippen LogP contribution < -0.4 is 14.4 Å². The number of amides is 1. The summed E-state index contributed by atoms with van der Waals surface area (Å²) in [4.78, 5) is 16.5. The lowest BCUT2D eigenvalue weighted by Gasteiger charge is -2.33. The number of benzene rings is 1. The predicted octanol–water partition coefficient (Wildman–Crippen LogP) is 1.93. The highest BCUT2D eigenvalue weighted by atomic mass is 16.5. The number of aromatic nitrogens is 2. The first-order valence-electron chi connectivity index (χ1n) is 9.20. The van der Waals surface area contributed by atoms with E-state index in [1.807, 2.05) is 34.9 Å². The molecule has 0 aliphatic carbocycles. The van der Waals surface area contributed by atoms with E-state index >= 15 is 0 Å². The third-order valence-corrected chi connectivity index (χ3v) is 4.74. The summed E-state index contributed by atoms with van der Waals surface area (Å²) in [6.07, 6.45) is 1.86. The molecule has 1 amide bonds. The molecule has 1 saturated heterocycles. The van der Waals surface area contributed by atoms with Gasteiger partial charge in [-0.15, -0.1) is 5.10 Å². The van der Waals surface area contributed by atoms with Crippen LogP contribution in [-0.2, 0) is 17.6 Å². The lowest BCUT2D eigenvalue weighted by molar-refractivity contribution is -0.131. The van der Waals surface area contributed by atoms with E-state index in [4.69, 9.17) is 13.9 Å². The van der Waals surface area contributed by atoms with Gasteiger partial charge in [-0.3, -0.25) is 4.79 Å². The van der Waals surface area contributed by atoms with E-state index in [-0.39, 0.29) is 5.91 Å². The van der Waals surface area contributed by atoms with E-state index < -0.39 is 0 Å². The van der Waals surface area contributed by atoms with Crippen LogP contribution in [-0.4, -0.2) is 61.4 Å². The van der Waals surface area contributed by atoms with Gasteiger partial charge in [-0.05, 0) is 24.1 Å². The van der Waals surface area contributed by atoms with E-state index in [1.54, 1.807) is 14.2 Å². The molecule has 146 valence electrons. The SMILES string of the molecule is CCc1nnc(N2CCN(C(=O)CCc3ccc(OC)c(OC)c3)CC2)o1. The van der Waals surface area contributed by atoms with Gasteiger partial charge in [-0.1, -0.05) is 18.1 Å². The molecule has 0 saturated carbocycles. The van der Waals surface area contributed by atoms with E-state index in [0.717, 1.165) is 12.0 Å². The molecule has 0 bridgehead atoms. The van der Waals surface area contributed by atoms with E-state index in [0.29, 0.717) is 62.4 Å². The Kier molecular flexibility index (Phi) is 6.16. The number of carbonyl (C=O) groups excluding carboxylic acids is 1. The van der Waals surface area contributed by atoms with Crippen LogP contribution in [0.25, 0.3) is 0 Å². The number of piperazine rings is 1. The van der Waals surface area contributed by atoms with Crippen LogP contribution in [0.1, 0.15) is 24.8 Å². The first-order chi connectivity index (χ1) is 13.1. The second-order valence-electron chi connectivity index (χ2n) is 6.39. The number of anilines is 1. The van der Waals surface area contributed by atoms with Crippen LogP contribution in [0.3, 0.4) is 0 Å². The van der Waals surface area contributed by atoms with Crippen LogP contribution in [0.4, 0.5) is 6.01 Å². The molecule has 1 aliphatic heterocycles. The Morgan fingerprint density at radius 3 is 2.48 bits per heavy atom. The topological polar surface area (TPSA) is 80.9 Å². The van der Waals surface area contributed by atoms with Crippen LogP contribution in [0.5, 0.6) is 11.5 Å². The molecule has 3 rings (SSSR count). The number of aryl methyl sites for hydroxylation is 2. The Labute approximate surface area is 159 Å². The molecule has 0 spiro atoms. The van der Waals surface area contributed by atoms with Crippen molar-refractivity contribution in [2.24, 2.45) is 0 Å².